The molecule has 1 amide bonds. The third-order valence-electron chi connectivity index (χ3n) is 2.66. The lowest BCUT2D eigenvalue weighted by atomic mass is 10.4. The molecule has 92 valence electrons. The number of hydrogen-bond donors (Lipinski definition) is 2. The smallest absolute Gasteiger partial charge is 0.295 e. The number of amides is 1. The van der Waals surface area contributed by atoms with Crippen LogP contribution in [0.1, 0.15) is 35.2 Å². The number of nitrogens with one attached hydrogen (secondary N) is 2. The van der Waals surface area contributed by atoms with Gasteiger partial charge in [0, 0.05) is 5.92 Å². The average Bonchev–Trinajstić information content (AvgIpc) is 3.10. The van der Waals surface area contributed by atoms with Gasteiger partial charge < -0.3 is 5.32 Å². The molecular formula is C11H10FN5O. The molecule has 0 spiro atoms. The van der Waals surface area contributed by atoms with Gasteiger partial charge in [0.2, 0.25) is 11.8 Å². The second-order valence-electron chi connectivity index (χ2n) is 4.14. The number of carbonyl (C=O) groups excluding carboxylic acids is 1. The van der Waals surface area contributed by atoms with Crippen molar-refractivity contribution in [3.8, 4) is 0 Å². The zero-order valence-corrected chi connectivity index (χ0v) is 9.35. The number of H-pyrrole nitrogens is 1. The summed E-state index contributed by atoms with van der Waals surface area (Å²) < 4.78 is 12.6. The number of halogens is 1. The fourth-order valence-electron chi connectivity index (χ4n) is 1.55. The Morgan fingerprint density at radius 1 is 1.44 bits per heavy atom. The molecule has 0 atom stereocenters. The standard InChI is InChI=1S/C11H10FN5O/c12-8-4-3-7(5-13-8)14-11(18)10-15-9(16-17-10)6-1-2-6/h3-6H,1-2H2,(H,14,18)(H,15,16,17). The highest BCUT2D eigenvalue weighted by atomic mass is 19.1. The molecule has 2 aromatic rings. The quantitative estimate of drug-likeness (QED) is 0.804. The maximum absolute atomic E-state index is 12.6. The molecule has 3 rings (SSSR count). The van der Waals surface area contributed by atoms with Gasteiger partial charge in [-0.05, 0) is 25.0 Å². The summed E-state index contributed by atoms with van der Waals surface area (Å²) >= 11 is 0. The first kappa shape index (κ1) is 10.8. The van der Waals surface area contributed by atoms with Crippen LogP contribution in [-0.4, -0.2) is 26.1 Å². The predicted octanol–water partition coefficient (Wildman–Crippen LogP) is 1.47. The summed E-state index contributed by atoms with van der Waals surface area (Å²) in [6, 6.07) is 2.60. The van der Waals surface area contributed by atoms with E-state index in [2.05, 4.69) is 25.5 Å². The Kier molecular flexibility index (Phi) is 2.51. The zero-order valence-electron chi connectivity index (χ0n) is 9.35. The van der Waals surface area contributed by atoms with E-state index in [9.17, 15) is 9.18 Å². The lowest BCUT2D eigenvalue weighted by Crippen LogP contribution is -2.14. The van der Waals surface area contributed by atoms with Gasteiger partial charge in [-0.15, -0.1) is 5.10 Å². The van der Waals surface area contributed by atoms with Crippen LogP contribution in [0.3, 0.4) is 0 Å². The molecule has 18 heavy (non-hydrogen) atoms. The van der Waals surface area contributed by atoms with E-state index in [1.165, 1.54) is 18.3 Å². The third kappa shape index (κ3) is 2.20. The van der Waals surface area contributed by atoms with E-state index in [-0.39, 0.29) is 5.82 Å². The van der Waals surface area contributed by atoms with Crippen molar-refractivity contribution in [1.82, 2.24) is 20.2 Å². The lowest BCUT2D eigenvalue weighted by Gasteiger charge is -2.00. The molecule has 1 fully saturated rings. The average molecular weight is 247 g/mol. The van der Waals surface area contributed by atoms with Crippen molar-refractivity contribution in [1.29, 1.82) is 0 Å². The molecular weight excluding hydrogens is 237 g/mol. The van der Waals surface area contributed by atoms with Crippen LogP contribution < -0.4 is 5.32 Å². The van der Waals surface area contributed by atoms with E-state index in [4.69, 9.17) is 0 Å². The van der Waals surface area contributed by atoms with Crippen molar-refractivity contribution in [2.24, 2.45) is 0 Å². The molecule has 0 aliphatic heterocycles. The lowest BCUT2D eigenvalue weighted by molar-refractivity contribution is 0.101. The van der Waals surface area contributed by atoms with Gasteiger partial charge in [-0.3, -0.25) is 9.89 Å². The summed E-state index contributed by atoms with van der Waals surface area (Å²) in [5.74, 6) is 0.207. The van der Waals surface area contributed by atoms with Gasteiger partial charge in [0.25, 0.3) is 5.91 Å². The van der Waals surface area contributed by atoms with E-state index >= 15 is 0 Å². The minimum absolute atomic E-state index is 0.0845. The molecule has 0 saturated heterocycles. The van der Waals surface area contributed by atoms with E-state index in [1.807, 2.05) is 0 Å². The topological polar surface area (TPSA) is 83.6 Å². The highest BCUT2D eigenvalue weighted by Gasteiger charge is 2.28. The second-order valence-corrected chi connectivity index (χ2v) is 4.14. The maximum Gasteiger partial charge on any atom is 0.295 e. The maximum atomic E-state index is 12.6. The largest absolute Gasteiger partial charge is 0.318 e. The Labute approximate surface area is 102 Å². The molecule has 1 aliphatic rings. The van der Waals surface area contributed by atoms with Crippen LogP contribution in [0.4, 0.5) is 10.1 Å². The molecule has 0 unspecified atom stereocenters. The molecule has 0 aromatic carbocycles. The van der Waals surface area contributed by atoms with Crippen LogP contribution in [0.5, 0.6) is 0 Å². The number of aromatic amines is 1. The van der Waals surface area contributed by atoms with E-state index < -0.39 is 11.9 Å². The van der Waals surface area contributed by atoms with Crippen LogP contribution in [0.25, 0.3) is 0 Å². The number of hydrogen-bond acceptors (Lipinski definition) is 4. The van der Waals surface area contributed by atoms with Crippen LogP contribution in [0, 0.1) is 5.95 Å². The van der Waals surface area contributed by atoms with Gasteiger partial charge in [-0.1, -0.05) is 0 Å². The minimum atomic E-state index is -0.595. The fourth-order valence-corrected chi connectivity index (χ4v) is 1.55. The van der Waals surface area contributed by atoms with Crippen molar-refractivity contribution in [3.63, 3.8) is 0 Å². The highest BCUT2D eigenvalue weighted by molar-refractivity contribution is 6.01. The summed E-state index contributed by atoms with van der Waals surface area (Å²) in [4.78, 5) is 19.3. The van der Waals surface area contributed by atoms with Crippen LogP contribution in [0.15, 0.2) is 18.3 Å². The van der Waals surface area contributed by atoms with Crippen molar-refractivity contribution in [3.05, 3.63) is 35.9 Å². The Balaban J connectivity index is 1.71. The summed E-state index contributed by atoms with van der Waals surface area (Å²) in [7, 11) is 0. The van der Waals surface area contributed by atoms with Crippen molar-refractivity contribution in [2.45, 2.75) is 18.8 Å². The normalized spacial score (nSPS) is 14.5. The Hall–Kier alpha value is -2.31. The molecule has 2 aromatic heterocycles. The number of anilines is 1. The number of aromatic nitrogens is 4. The summed E-state index contributed by atoms with van der Waals surface area (Å²) in [5, 5.41) is 9.14. The Morgan fingerprint density at radius 2 is 2.28 bits per heavy atom. The highest BCUT2D eigenvalue weighted by Crippen LogP contribution is 2.37. The Morgan fingerprint density at radius 3 is 2.94 bits per heavy atom. The Bertz CT molecular complexity index is 575. The first-order valence-electron chi connectivity index (χ1n) is 5.57. The second kappa shape index (κ2) is 4.17. The SMILES string of the molecule is O=C(Nc1ccc(F)nc1)c1n[nH]c(C2CC2)n1. The molecule has 2 heterocycles. The molecule has 1 saturated carbocycles. The van der Waals surface area contributed by atoms with Gasteiger partial charge in [-0.25, -0.2) is 9.97 Å². The number of nitrogens with zero attached hydrogens (tertiary/aromatic N) is 3. The van der Waals surface area contributed by atoms with Gasteiger partial charge in [0.15, 0.2) is 0 Å². The van der Waals surface area contributed by atoms with E-state index in [0.717, 1.165) is 18.7 Å². The van der Waals surface area contributed by atoms with Crippen LogP contribution >= 0.6 is 0 Å². The summed E-state index contributed by atoms with van der Waals surface area (Å²) in [6.45, 7) is 0. The van der Waals surface area contributed by atoms with Gasteiger partial charge in [0.05, 0.1) is 11.9 Å². The number of carbonyl (C=O) groups is 1. The van der Waals surface area contributed by atoms with Crippen molar-refractivity contribution < 1.29 is 9.18 Å². The van der Waals surface area contributed by atoms with E-state index in [1.54, 1.807) is 0 Å². The molecule has 6 nitrogen and oxygen atoms in total. The van der Waals surface area contributed by atoms with E-state index in [0.29, 0.717) is 11.6 Å². The first-order valence-corrected chi connectivity index (χ1v) is 5.57. The number of pyridine rings is 1. The van der Waals surface area contributed by atoms with Crippen LogP contribution in [-0.2, 0) is 0 Å². The molecule has 0 bridgehead atoms. The molecule has 0 radical (unpaired) electrons. The van der Waals surface area contributed by atoms with Crippen molar-refractivity contribution >= 4 is 11.6 Å². The number of rotatable bonds is 3. The zero-order chi connectivity index (χ0) is 12.5. The molecule has 2 N–H and O–H groups in total. The van der Waals surface area contributed by atoms with Gasteiger partial charge in [-0.2, -0.15) is 4.39 Å². The van der Waals surface area contributed by atoms with Gasteiger partial charge >= 0.3 is 0 Å². The summed E-state index contributed by atoms with van der Waals surface area (Å²) in [6.07, 6.45) is 3.40. The first-order chi connectivity index (χ1) is 8.72. The summed E-state index contributed by atoms with van der Waals surface area (Å²) in [5.41, 5.74) is 0.402. The third-order valence-corrected chi connectivity index (χ3v) is 2.66. The van der Waals surface area contributed by atoms with Crippen molar-refractivity contribution in [2.75, 3.05) is 5.32 Å². The van der Waals surface area contributed by atoms with Crippen LogP contribution in [0.2, 0.25) is 0 Å². The molecule has 1 aliphatic carbocycles. The monoisotopic (exact) mass is 247 g/mol. The predicted molar refractivity (Wildman–Crippen MR) is 60.5 cm³/mol. The molecule has 7 heteroatoms. The minimum Gasteiger partial charge on any atom is -0.318 e. The van der Waals surface area contributed by atoms with Gasteiger partial charge in [0.1, 0.15) is 5.82 Å². The fraction of sp³-hybridized carbons (Fsp3) is 0.273.